The maximum absolute atomic E-state index is 11.4. The van der Waals surface area contributed by atoms with Gasteiger partial charge in [-0.25, -0.2) is 0 Å². The molecule has 0 saturated carbocycles. The molecule has 18 heavy (non-hydrogen) atoms. The Hall–Kier alpha value is -2.30. The summed E-state index contributed by atoms with van der Waals surface area (Å²) < 4.78 is 0. The van der Waals surface area contributed by atoms with Gasteiger partial charge in [-0.1, -0.05) is 18.2 Å². The van der Waals surface area contributed by atoms with Crippen molar-refractivity contribution in [1.29, 1.82) is 0 Å². The second-order valence-electron chi connectivity index (χ2n) is 4.11. The molecule has 0 bridgehead atoms. The first-order chi connectivity index (χ1) is 8.63. The summed E-state index contributed by atoms with van der Waals surface area (Å²) in [5, 5.41) is 3.54. The smallest absolute Gasteiger partial charge is 0.239 e. The van der Waals surface area contributed by atoms with Gasteiger partial charge in [-0.15, -0.1) is 0 Å². The highest BCUT2D eigenvalue weighted by Gasteiger charge is 2.13. The van der Waals surface area contributed by atoms with Crippen molar-refractivity contribution in [2.75, 3.05) is 31.3 Å². The highest BCUT2D eigenvalue weighted by molar-refractivity contribution is 5.98. The number of fused-ring (bicyclic) bond motifs is 1. The molecular weight excluding hydrogens is 228 g/mol. The van der Waals surface area contributed by atoms with E-state index in [2.05, 4.69) is 10.3 Å². The third-order valence-electron chi connectivity index (χ3n) is 2.82. The average Bonchev–Trinajstić information content (AvgIpc) is 2.38. The highest BCUT2D eigenvalue weighted by atomic mass is 16.1. The number of benzene rings is 1. The number of aromatic nitrogens is 1. The molecule has 1 amide bonds. The van der Waals surface area contributed by atoms with Gasteiger partial charge in [0.2, 0.25) is 5.91 Å². The Bertz CT molecular complexity index is 582. The number of rotatable bonds is 3. The Morgan fingerprint density at radius 1 is 1.44 bits per heavy atom. The van der Waals surface area contributed by atoms with E-state index in [1.165, 1.54) is 0 Å². The first-order valence-corrected chi connectivity index (χ1v) is 5.68. The number of anilines is 2. The zero-order chi connectivity index (χ0) is 13.1. The molecule has 1 aromatic heterocycles. The molecule has 0 aliphatic rings. The van der Waals surface area contributed by atoms with Crippen molar-refractivity contribution >= 4 is 28.2 Å². The summed E-state index contributed by atoms with van der Waals surface area (Å²) in [6.07, 6.45) is 1.62. The molecule has 0 aliphatic heterocycles. The molecule has 0 radical (unpaired) electrons. The zero-order valence-electron chi connectivity index (χ0n) is 10.5. The predicted octanol–water partition coefficient (Wildman–Crippen LogP) is 0.999. The van der Waals surface area contributed by atoms with Gasteiger partial charge in [0.25, 0.3) is 0 Å². The SMILES string of the molecule is CNC(=O)CN(C)c1c(N)cnc2ccccc12. The summed E-state index contributed by atoms with van der Waals surface area (Å²) >= 11 is 0. The van der Waals surface area contributed by atoms with Crippen LogP contribution >= 0.6 is 0 Å². The summed E-state index contributed by atoms with van der Waals surface area (Å²) in [4.78, 5) is 17.5. The monoisotopic (exact) mass is 244 g/mol. The van der Waals surface area contributed by atoms with Gasteiger partial charge in [-0.3, -0.25) is 9.78 Å². The van der Waals surface area contributed by atoms with Gasteiger partial charge in [0.1, 0.15) is 0 Å². The molecule has 0 aliphatic carbocycles. The Balaban J connectivity index is 2.48. The lowest BCUT2D eigenvalue weighted by Crippen LogP contribution is -2.33. The zero-order valence-corrected chi connectivity index (χ0v) is 10.5. The standard InChI is InChI=1S/C13H16N4O/c1-15-12(18)8-17(2)13-9-5-3-4-6-11(9)16-7-10(13)14/h3-7H,8,14H2,1-2H3,(H,15,18). The van der Waals surface area contributed by atoms with Gasteiger partial charge in [-0.05, 0) is 6.07 Å². The molecule has 0 unspecified atom stereocenters. The second-order valence-corrected chi connectivity index (χ2v) is 4.11. The predicted molar refractivity (Wildman–Crippen MR) is 73.5 cm³/mol. The Labute approximate surface area is 106 Å². The normalized spacial score (nSPS) is 10.3. The van der Waals surface area contributed by atoms with Crippen molar-refractivity contribution < 1.29 is 4.79 Å². The van der Waals surface area contributed by atoms with E-state index < -0.39 is 0 Å². The van der Waals surface area contributed by atoms with E-state index in [1.54, 1.807) is 13.2 Å². The molecule has 1 aromatic carbocycles. The van der Waals surface area contributed by atoms with E-state index in [0.717, 1.165) is 16.6 Å². The maximum Gasteiger partial charge on any atom is 0.239 e. The quantitative estimate of drug-likeness (QED) is 0.845. The number of hydrogen-bond donors (Lipinski definition) is 2. The summed E-state index contributed by atoms with van der Waals surface area (Å²) in [6.45, 7) is 0.259. The molecule has 5 nitrogen and oxygen atoms in total. The molecule has 0 spiro atoms. The topological polar surface area (TPSA) is 71.2 Å². The van der Waals surface area contributed by atoms with Crippen molar-refractivity contribution in [3.63, 3.8) is 0 Å². The second kappa shape index (κ2) is 4.91. The van der Waals surface area contributed by atoms with Gasteiger partial charge in [-0.2, -0.15) is 0 Å². The van der Waals surface area contributed by atoms with Crippen molar-refractivity contribution in [2.24, 2.45) is 0 Å². The molecule has 5 heteroatoms. The number of para-hydroxylation sites is 1. The molecule has 0 saturated heterocycles. The average molecular weight is 244 g/mol. The van der Waals surface area contributed by atoms with Gasteiger partial charge >= 0.3 is 0 Å². The van der Waals surface area contributed by atoms with Crippen molar-refractivity contribution in [3.05, 3.63) is 30.5 Å². The fourth-order valence-corrected chi connectivity index (χ4v) is 1.94. The fraction of sp³-hybridized carbons (Fsp3) is 0.231. The number of carbonyl (C=O) groups is 1. The van der Waals surface area contributed by atoms with Crippen LogP contribution in [-0.2, 0) is 4.79 Å². The first-order valence-electron chi connectivity index (χ1n) is 5.68. The summed E-state index contributed by atoms with van der Waals surface area (Å²) in [5.41, 5.74) is 8.24. The molecular formula is C13H16N4O. The molecule has 94 valence electrons. The van der Waals surface area contributed by atoms with E-state index in [1.807, 2.05) is 36.2 Å². The van der Waals surface area contributed by atoms with Gasteiger partial charge in [0, 0.05) is 19.5 Å². The maximum atomic E-state index is 11.4. The fourth-order valence-electron chi connectivity index (χ4n) is 1.94. The van der Waals surface area contributed by atoms with Gasteiger partial charge in [0.15, 0.2) is 0 Å². The number of pyridine rings is 1. The van der Waals surface area contributed by atoms with Gasteiger partial charge < -0.3 is 16.0 Å². The third-order valence-corrected chi connectivity index (χ3v) is 2.82. The van der Waals surface area contributed by atoms with Crippen LogP contribution in [0.5, 0.6) is 0 Å². The van der Waals surface area contributed by atoms with E-state index >= 15 is 0 Å². The van der Waals surface area contributed by atoms with Crippen LogP contribution in [0.2, 0.25) is 0 Å². The summed E-state index contributed by atoms with van der Waals surface area (Å²) in [7, 11) is 3.46. The Morgan fingerprint density at radius 3 is 2.89 bits per heavy atom. The van der Waals surface area contributed by atoms with Crippen LogP contribution in [0.25, 0.3) is 10.9 Å². The number of nitrogens with two attached hydrogens (primary N) is 1. The third kappa shape index (κ3) is 2.20. The lowest BCUT2D eigenvalue weighted by Gasteiger charge is -2.21. The number of hydrogen-bond acceptors (Lipinski definition) is 4. The summed E-state index contributed by atoms with van der Waals surface area (Å²) in [5.74, 6) is -0.0576. The minimum absolute atomic E-state index is 0.0576. The van der Waals surface area contributed by atoms with Crippen LogP contribution in [0.15, 0.2) is 30.5 Å². The Morgan fingerprint density at radius 2 is 2.17 bits per heavy atom. The van der Waals surface area contributed by atoms with Crippen molar-refractivity contribution in [2.45, 2.75) is 0 Å². The van der Waals surface area contributed by atoms with Crippen LogP contribution < -0.4 is 16.0 Å². The Kier molecular flexibility index (Phi) is 3.32. The number of nitrogens with one attached hydrogen (secondary N) is 1. The summed E-state index contributed by atoms with van der Waals surface area (Å²) in [6, 6.07) is 7.73. The largest absolute Gasteiger partial charge is 0.396 e. The minimum atomic E-state index is -0.0576. The number of amides is 1. The van der Waals surface area contributed by atoms with E-state index in [4.69, 9.17) is 5.73 Å². The first kappa shape index (κ1) is 12.2. The van der Waals surface area contributed by atoms with E-state index in [9.17, 15) is 4.79 Å². The molecule has 2 aromatic rings. The number of likely N-dealkylation sites (N-methyl/N-ethyl adjacent to an activating group) is 2. The number of nitrogens with zero attached hydrogens (tertiary/aromatic N) is 2. The van der Waals surface area contributed by atoms with Crippen LogP contribution in [0, 0.1) is 0 Å². The number of nitrogen functional groups attached to an aromatic ring is 1. The molecule has 1 heterocycles. The highest BCUT2D eigenvalue weighted by Crippen LogP contribution is 2.30. The van der Waals surface area contributed by atoms with E-state index in [0.29, 0.717) is 5.69 Å². The van der Waals surface area contributed by atoms with E-state index in [-0.39, 0.29) is 12.5 Å². The minimum Gasteiger partial charge on any atom is -0.396 e. The van der Waals surface area contributed by atoms with Gasteiger partial charge in [0.05, 0.1) is 29.6 Å². The molecule has 2 rings (SSSR count). The van der Waals surface area contributed by atoms with Crippen LogP contribution in [0.1, 0.15) is 0 Å². The number of carbonyl (C=O) groups excluding carboxylic acids is 1. The van der Waals surface area contributed by atoms with Crippen molar-refractivity contribution in [3.8, 4) is 0 Å². The van der Waals surface area contributed by atoms with Crippen molar-refractivity contribution in [1.82, 2.24) is 10.3 Å². The molecule has 0 fully saturated rings. The lowest BCUT2D eigenvalue weighted by molar-refractivity contribution is -0.119. The lowest BCUT2D eigenvalue weighted by atomic mass is 10.1. The van der Waals surface area contributed by atoms with Crippen LogP contribution in [0.4, 0.5) is 11.4 Å². The molecule has 0 atom stereocenters. The molecule has 3 N–H and O–H groups in total. The van der Waals surface area contributed by atoms with Crippen LogP contribution in [-0.4, -0.2) is 31.5 Å². The van der Waals surface area contributed by atoms with Crippen LogP contribution in [0.3, 0.4) is 0 Å².